The van der Waals surface area contributed by atoms with E-state index in [-0.39, 0.29) is 11.4 Å². The number of halogens is 2. The van der Waals surface area contributed by atoms with Crippen molar-refractivity contribution in [3.8, 4) is 0 Å². The zero-order valence-electron chi connectivity index (χ0n) is 6.55. The number of alkyl halides is 2. The van der Waals surface area contributed by atoms with Gasteiger partial charge in [0.1, 0.15) is 0 Å². The summed E-state index contributed by atoms with van der Waals surface area (Å²) in [5, 5.41) is -2.13. The number of Topliss-reactive ketones (excluding diaryl/α,β-unsaturated/α-hetero) is 1. The van der Waals surface area contributed by atoms with E-state index in [2.05, 4.69) is 0 Å². The number of hydrogen-bond acceptors (Lipinski definition) is 2. The highest BCUT2D eigenvalue weighted by atomic mass is 35.5. The van der Waals surface area contributed by atoms with Gasteiger partial charge in [0.2, 0.25) is 5.13 Å². The van der Waals surface area contributed by atoms with Crippen molar-refractivity contribution in [1.82, 2.24) is 0 Å². The van der Waals surface area contributed by atoms with Crippen LogP contribution in [0, 0.1) is 0 Å². The molecule has 0 aromatic carbocycles. The fraction of sp³-hybridized carbons (Fsp3) is 0.375. The predicted molar refractivity (Wildman–Crippen MR) is 45.6 cm³/mol. The second-order valence-corrected chi connectivity index (χ2v) is 3.29. The molecule has 12 heavy (non-hydrogen) atoms. The molecule has 2 nitrogen and oxygen atoms in total. The van der Waals surface area contributed by atoms with Crippen LogP contribution in [0.1, 0.15) is 6.92 Å². The van der Waals surface area contributed by atoms with Crippen LogP contribution >= 0.6 is 11.6 Å². The molecule has 1 aliphatic carbocycles. The minimum Gasteiger partial charge on any atom is -0.320 e. The van der Waals surface area contributed by atoms with Gasteiger partial charge in [-0.1, -0.05) is 23.8 Å². The maximum absolute atomic E-state index is 13.2. The van der Waals surface area contributed by atoms with Gasteiger partial charge >= 0.3 is 0 Å². The van der Waals surface area contributed by atoms with Gasteiger partial charge in [-0.3, -0.25) is 4.79 Å². The summed E-state index contributed by atoms with van der Waals surface area (Å²) in [4.78, 5) is 10.8. The molecular weight excluding hydrogens is 181 g/mol. The second kappa shape index (κ2) is 2.99. The molecule has 66 valence electrons. The molecule has 0 saturated heterocycles. The van der Waals surface area contributed by atoms with Crippen LogP contribution in [0.3, 0.4) is 0 Å². The number of allylic oxidation sites excluding steroid dienone is 2. The Balaban J connectivity index is 2.97. The standard InChI is InChI=1S/C8H9ClFNO/c1-5(12)6-2-3-7(11)8(9,10)4-6/h2-4,7H,11H2,1H3. The Labute approximate surface area is 74.9 Å². The van der Waals surface area contributed by atoms with Gasteiger partial charge in [0, 0.05) is 5.57 Å². The second-order valence-electron chi connectivity index (χ2n) is 2.72. The molecule has 0 saturated carbocycles. The zero-order chi connectivity index (χ0) is 9.35. The minimum absolute atomic E-state index is 0.221. The van der Waals surface area contributed by atoms with Crippen molar-refractivity contribution < 1.29 is 9.18 Å². The zero-order valence-corrected chi connectivity index (χ0v) is 7.31. The third-order valence-electron chi connectivity index (χ3n) is 1.68. The molecule has 0 amide bonds. The summed E-state index contributed by atoms with van der Waals surface area (Å²) >= 11 is 5.39. The molecule has 0 aromatic heterocycles. The highest BCUT2D eigenvalue weighted by molar-refractivity contribution is 6.25. The molecule has 2 unspecified atom stereocenters. The number of nitrogens with two attached hydrogens (primary N) is 1. The Hall–Kier alpha value is -0.670. The SMILES string of the molecule is CC(=O)C1=CC(F)(Cl)C(N)C=C1. The normalized spacial score (nSPS) is 34.7. The maximum Gasteiger partial charge on any atom is 0.221 e. The van der Waals surface area contributed by atoms with E-state index in [1.165, 1.54) is 19.1 Å². The lowest BCUT2D eigenvalue weighted by Gasteiger charge is -2.22. The van der Waals surface area contributed by atoms with E-state index in [1.54, 1.807) is 0 Å². The predicted octanol–water partition coefficient (Wildman–Crippen LogP) is 1.30. The molecule has 0 aromatic rings. The fourth-order valence-electron chi connectivity index (χ4n) is 0.906. The van der Waals surface area contributed by atoms with E-state index in [0.717, 1.165) is 6.08 Å². The summed E-state index contributed by atoms with van der Waals surface area (Å²) < 4.78 is 13.2. The molecule has 0 bridgehead atoms. The highest BCUT2D eigenvalue weighted by Crippen LogP contribution is 2.28. The van der Waals surface area contributed by atoms with E-state index in [9.17, 15) is 9.18 Å². The first-order valence-corrected chi connectivity index (χ1v) is 3.86. The third kappa shape index (κ3) is 1.73. The molecule has 0 spiro atoms. The average molecular weight is 190 g/mol. The van der Waals surface area contributed by atoms with E-state index < -0.39 is 11.2 Å². The summed E-state index contributed by atoms with van der Waals surface area (Å²) in [7, 11) is 0. The van der Waals surface area contributed by atoms with Gasteiger partial charge in [0.25, 0.3) is 0 Å². The molecule has 4 heteroatoms. The lowest BCUT2D eigenvalue weighted by Crippen LogP contribution is -2.38. The summed E-state index contributed by atoms with van der Waals surface area (Å²) in [6.07, 6.45) is 3.90. The number of ketones is 1. The topological polar surface area (TPSA) is 43.1 Å². The van der Waals surface area contributed by atoms with Crippen molar-refractivity contribution in [2.75, 3.05) is 0 Å². The van der Waals surface area contributed by atoms with Gasteiger partial charge in [-0.05, 0) is 13.0 Å². The van der Waals surface area contributed by atoms with Crippen LogP contribution in [0.25, 0.3) is 0 Å². The van der Waals surface area contributed by atoms with E-state index in [1.807, 2.05) is 0 Å². The van der Waals surface area contributed by atoms with Crippen LogP contribution in [-0.2, 0) is 4.79 Å². The third-order valence-corrected chi connectivity index (χ3v) is 2.04. The van der Waals surface area contributed by atoms with E-state index in [4.69, 9.17) is 17.3 Å². The Morgan fingerprint density at radius 2 is 2.42 bits per heavy atom. The largest absolute Gasteiger partial charge is 0.320 e. The van der Waals surface area contributed by atoms with E-state index >= 15 is 0 Å². The Morgan fingerprint density at radius 1 is 1.83 bits per heavy atom. The summed E-state index contributed by atoms with van der Waals surface area (Å²) in [5.41, 5.74) is 5.58. The minimum atomic E-state index is -2.13. The molecule has 0 radical (unpaired) electrons. The van der Waals surface area contributed by atoms with Crippen molar-refractivity contribution in [3.05, 3.63) is 23.8 Å². The van der Waals surface area contributed by atoms with Crippen molar-refractivity contribution in [1.29, 1.82) is 0 Å². The summed E-state index contributed by atoms with van der Waals surface area (Å²) in [6, 6.07) is -0.887. The van der Waals surface area contributed by atoms with Crippen LogP contribution in [0.4, 0.5) is 4.39 Å². The fourth-order valence-corrected chi connectivity index (χ4v) is 1.10. The summed E-state index contributed by atoms with van der Waals surface area (Å²) in [6.45, 7) is 1.35. The Kier molecular flexibility index (Phi) is 2.35. The number of hydrogen-bond donors (Lipinski definition) is 1. The lowest BCUT2D eigenvalue weighted by atomic mass is 9.99. The van der Waals surface area contributed by atoms with Crippen LogP contribution in [-0.4, -0.2) is 17.0 Å². The summed E-state index contributed by atoms with van der Waals surface area (Å²) in [5.74, 6) is -0.221. The molecule has 1 aliphatic rings. The van der Waals surface area contributed by atoms with Crippen molar-refractivity contribution in [3.63, 3.8) is 0 Å². The Bertz CT molecular complexity index is 270. The number of rotatable bonds is 1. The molecule has 0 aliphatic heterocycles. The smallest absolute Gasteiger partial charge is 0.221 e. The van der Waals surface area contributed by atoms with Crippen LogP contribution in [0.2, 0.25) is 0 Å². The molecule has 2 atom stereocenters. The number of carbonyl (C=O) groups is 1. The van der Waals surface area contributed by atoms with Gasteiger partial charge in [-0.15, -0.1) is 0 Å². The van der Waals surface area contributed by atoms with Crippen molar-refractivity contribution in [2.45, 2.75) is 18.1 Å². The number of carbonyl (C=O) groups excluding carboxylic acids is 1. The molecule has 0 fully saturated rings. The van der Waals surface area contributed by atoms with Gasteiger partial charge < -0.3 is 5.73 Å². The molecule has 1 rings (SSSR count). The molecular formula is C8H9ClFNO. The lowest BCUT2D eigenvalue weighted by molar-refractivity contribution is -0.113. The van der Waals surface area contributed by atoms with Gasteiger partial charge in [-0.2, -0.15) is 0 Å². The first kappa shape index (κ1) is 9.42. The first-order chi connectivity index (χ1) is 5.43. The molecule has 2 N–H and O–H groups in total. The van der Waals surface area contributed by atoms with Crippen LogP contribution in [0.15, 0.2) is 23.8 Å². The average Bonchev–Trinajstić information content (AvgIpc) is 1.94. The van der Waals surface area contributed by atoms with E-state index in [0.29, 0.717) is 0 Å². The van der Waals surface area contributed by atoms with Crippen LogP contribution in [0.5, 0.6) is 0 Å². The van der Waals surface area contributed by atoms with Crippen molar-refractivity contribution >= 4 is 17.4 Å². The molecule has 0 heterocycles. The van der Waals surface area contributed by atoms with Crippen molar-refractivity contribution in [2.24, 2.45) is 5.73 Å². The van der Waals surface area contributed by atoms with Gasteiger partial charge in [-0.25, -0.2) is 4.39 Å². The monoisotopic (exact) mass is 189 g/mol. The highest BCUT2D eigenvalue weighted by Gasteiger charge is 2.33. The van der Waals surface area contributed by atoms with Crippen LogP contribution < -0.4 is 5.73 Å². The first-order valence-electron chi connectivity index (χ1n) is 3.49. The van der Waals surface area contributed by atoms with Gasteiger partial charge in [0.15, 0.2) is 5.78 Å². The van der Waals surface area contributed by atoms with Gasteiger partial charge in [0.05, 0.1) is 6.04 Å². The quantitative estimate of drug-likeness (QED) is 0.632. The maximum atomic E-state index is 13.2. The Morgan fingerprint density at radius 3 is 2.83 bits per heavy atom.